The molecular formula is C25H27N3O4S. The van der Waals surface area contributed by atoms with Crippen molar-refractivity contribution in [3.63, 3.8) is 0 Å². The van der Waals surface area contributed by atoms with Gasteiger partial charge in [-0.05, 0) is 49.9 Å². The lowest BCUT2D eigenvalue weighted by Gasteiger charge is -2.22. The summed E-state index contributed by atoms with van der Waals surface area (Å²) in [6.07, 6.45) is 0.265. The van der Waals surface area contributed by atoms with Crippen LogP contribution in [0, 0.1) is 13.8 Å². The van der Waals surface area contributed by atoms with Gasteiger partial charge in [-0.2, -0.15) is 0 Å². The van der Waals surface area contributed by atoms with Gasteiger partial charge in [-0.1, -0.05) is 24.3 Å². The molecule has 7 nitrogen and oxygen atoms in total. The molecule has 1 aromatic carbocycles. The molecule has 0 saturated carbocycles. The molecule has 33 heavy (non-hydrogen) atoms. The summed E-state index contributed by atoms with van der Waals surface area (Å²) >= 11 is 1.66. The molecule has 1 N–H and O–H groups in total. The molecule has 1 aliphatic rings. The van der Waals surface area contributed by atoms with E-state index in [9.17, 15) is 14.4 Å². The number of para-hydroxylation sites is 1. The van der Waals surface area contributed by atoms with Crippen LogP contribution in [0.1, 0.15) is 39.1 Å². The second-order valence-corrected chi connectivity index (χ2v) is 9.55. The Labute approximate surface area is 197 Å². The zero-order chi connectivity index (χ0) is 23.8. The predicted molar refractivity (Wildman–Crippen MR) is 127 cm³/mol. The van der Waals surface area contributed by atoms with Gasteiger partial charge >= 0.3 is 6.03 Å². The molecule has 1 saturated heterocycles. The van der Waals surface area contributed by atoms with E-state index in [2.05, 4.69) is 16.0 Å². The normalized spacial score (nSPS) is 18.0. The van der Waals surface area contributed by atoms with E-state index in [-0.39, 0.29) is 18.7 Å². The maximum Gasteiger partial charge on any atom is 0.325 e. The Balaban J connectivity index is 1.52. The number of nitrogens with one attached hydrogen (secondary N) is 1. The Morgan fingerprint density at radius 3 is 2.61 bits per heavy atom. The number of hydrogen-bond donors (Lipinski definition) is 1. The van der Waals surface area contributed by atoms with Crippen molar-refractivity contribution in [1.82, 2.24) is 14.8 Å². The number of nitrogens with zero attached hydrogens (tertiary/aromatic N) is 2. The third-order valence-corrected chi connectivity index (χ3v) is 7.01. The van der Waals surface area contributed by atoms with E-state index in [0.717, 1.165) is 21.9 Å². The SMILES string of the molecule is COc1ccccc1CC1(C)NC(=O)N(CC(=O)c2cc(C)n(Cc3cccs3)c2C)C1=O. The molecule has 3 aromatic rings. The molecule has 1 aliphatic heterocycles. The minimum Gasteiger partial charge on any atom is -0.496 e. The first-order chi connectivity index (χ1) is 15.7. The van der Waals surface area contributed by atoms with Gasteiger partial charge in [0.05, 0.1) is 20.2 Å². The number of hydrogen-bond acceptors (Lipinski definition) is 5. The number of aromatic nitrogens is 1. The fraction of sp³-hybridized carbons (Fsp3) is 0.320. The lowest BCUT2D eigenvalue weighted by atomic mass is 9.92. The Kier molecular flexibility index (Phi) is 6.12. The van der Waals surface area contributed by atoms with Crippen molar-refractivity contribution in [2.45, 2.75) is 39.3 Å². The molecule has 3 amide bonds. The lowest BCUT2D eigenvalue weighted by molar-refractivity contribution is -0.130. The van der Waals surface area contributed by atoms with Gasteiger partial charge in [0.15, 0.2) is 5.78 Å². The number of Topliss-reactive ketones (excluding diaryl/α,β-unsaturated/α-hetero) is 1. The highest BCUT2D eigenvalue weighted by atomic mass is 32.1. The van der Waals surface area contributed by atoms with E-state index in [0.29, 0.717) is 17.9 Å². The van der Waals surface area contributed by atoms with Crippen molar-refractivity contribution in [2.75, 3.05) is 13.7 Å². The van der Waals surface area contributed by atoms with E-state index in [1.807, 2.05) is 55.6 Å². The van der Waals surface area contributed by atoms with Crippen molar-refractivity contribution >= 4 is 29.1 Å². The molecule has 0 aliphatic carbocycles. The molecule has 4 rings (SSSR count). The molecule has 8 heteroatoms. The average molecular weight is 466 g/mol. The lowest BCUT2D eigenvalue weighted by Crippen LogP contribution is -2.46. The highest BCUT2D eigenvalue weighted by Gasteiger charge is 2.48. The smallest absolute Gasteiger partial charge is 0.325 e. The van der Waals surface area contributed by atoms with Crippen LogP contribution in [-0.2, 0) is 17.8 Å². The highest BCUT2D eigenvalue weighted by Crippen LogP contribution is 2.28. The van der Waals surface area contributed by atoms with Crippen LogP contribution in [0.25, 0.3) is 0 Å². The number of aryl methyl sites for hydroxylation is 1. The van der Waals surface area contributed by atoms with Gasteiger partial charge in [-0.3, -0.25) is 14.5 Å². The first-order valence-corrected chi connectivity index (χ1v) is 11.6. The van der Waals surface area contributed by atoms with Crippen LogP contribution >= 0.6 is 11.3 Å². The van der Waals surface area contributed by atoms with E-state index in [1.165, 1.54) is 4.88 Å². The summed E-state index contributed by atoms with van der Waals surface area (Å²) in [5.41, 5.74) is 1.98. The maximum atomic E-state index is 13.2. The summed E-state index contributed by atoms with van der Waals surface area (Å²) in [6, 6.07) is 12.7. The number of thiophene rings is 1. The second kappa shape index (κ2) is 8.86. The molecule has 0 bridgehead atoms. The van der Waals surface area contributed by atoms with E-state index >= 15 is 0 Å². The Morgan fingerprint density at radius 2 is 1.91 bits per heavy atom. The van der Waals surface area contributed by atoms with Gasteiger partial charge < -0.3 is 14.6 Å². The number of carbonyl (C=O) groups is 3. The fourth-order valence-electron chi connectivity index (χ4n) is 4.35. The van der Waals surface area contributed by atoms with Crippen LogP contribution < -0.4 is 10.1 Å². The standard InChI is InChI=1S/C25H27N3O4S/c1-16-12-20(17(2)27(16)14-19-9-7-11-33-19)21(29)15-28-23(30)25(3,26-24(28)31)13-18-8-5-6-10-22(18)32-4/h5-12H,13-15H2,1-4H3,(H,26,31). The van der Waals surface area contributed by atoms with Crippen molar-refractivity contribution < 1.29 is 19.1 Å². The quantitative estimate of drug-likeness (QED) is 0.403. The van der Waals surface area contributed by atoms with E-state index < -0.39 is 17.5 Å². The molecule has 0 radical (unpaired) electrons. The van der Waals surface area contributed by atoms with Gasteiger partial charge in [0.25, 0.3) is 5.91 Å². The summed E-state index contributed by atoms with van der Waals surface area (Å²) < 4.78 is 7.46. The number of imide groups is 1. The topological polar surface area (TPSA) is 80.6 Å². The van der Waals surface area contributed by atoms with Crippen LogP contribution in [0.15, 0.2) is 47.8 Å². The summed E-state index contributed by atoms with van der Waals surface area (Å²) in [5, 5.41) is 4.80. The summed E-state index contributed by atoms with van der Waals surface area (Å²) in [4.78, 5) is 41.3. The Morgan fingerprint density at radius 1 is 1.15 bits per heavy atom. The van der Waals surface area contributed by atoms with Gasteiger partial charge in [-0.25, -0.2) is 4.79 Å². The molecule has 1 fully saturated rings. The number of rotatable bonds is 8. The number of urea groups is 1. The first kappa shape index (κ1) is 22.8. The van der Waals surface area contributed by atoms with Crippen molar-refractivity contribution in [2.24, 2.45) is 0 Å². The minimum absolute atomic E-state index is 0.259. The van der Waals surface area contributed by atoms with Gasteiger partial charge in [0.2, 0.25) is 0 Å². The summed E-state index contributed by atoms with van der Waals surface area (Å²) in [5.74, 6) is -0.0294. The zero-order valence-corrected chi connectivity index (χ0v) is 20.0. The fourth-order valence-corrected chi connectivity index (χ4v) is 5.05. The van der Waals surface area contributed by atoms with E-state index in [1.54, 1.807) is 25.4 Å². The molecule has 3 heterocycles. The predicted octanol–water partition coefficient (Wildman–Crippen LogP) is 3.96. The monoisotopic (exact) mass is 465 g/mol. The van der Waals surface area contributed by atoms with Crippen LogP contribution in [0.5, 0.6) is 5.75 Å². The molecule has 2 aromatic heterocycles. The summed E-state index contributed by atoms with van der Waals surface area (Å²) in [7, 11) is 1.57. The number of amides is 3. The van der Waals surface area contributed by atoms with Gasteiger partial charge in [0, 0.05) is 28.2 Å². The van der Waals surface area contributed by atoms with Crippen molar-refractivity contribution in [1.29, 1.82) is 0 Å². The van der Waals surface area contributed by atoms with Crippen LogP contribution in [0.3, 0.4) is 0 Å². The second-order valence-electron chi connectivity index (χ2n) is 8.52. The number of carbonyl (C=O) groups excluding carboxylic acids is 3. The van der Waals surface area contributed by atoms with Crippen LogP contribution in [-0.4, -0.2) is 46.4 Å². The first-order valence-electron chi connectivity index (χ1n) is 10.7. The molecule has 172 valence electrons. The number of benzene rings is 1. The highest BCUT2D eigenvalue weighted by molar-refractivity contribution is 7.09. The minimum atomic E-state index is -1.15. The Bertz CT molecular complexity index is 1210. The molecule has 1 atom stereocenters. The molecular weight excluding hydrogens is 438 g/mol. The van der Waals surface area contributed by atoms with Crippen LogP contribution in [0.2, 0.25) is 0 Å². The van der Waals surface area contributed by atoms with E-state index in [4.69, 9.17) is 4.74 Å². The zero-order valence-electron chi connectivity index (χ0n) is 19.2. The molecule has 0 spiro atoms. The third-order valence-electron chi connectivity index (χ3n) is 6.15. The third kappa shape index (κ3) is 4.30. The van der Waals surface area contributed by atoms with Crippen molar-refractivity contribution in [3.8, 4) is 5.75 Å². The maximum absolute atomic E-state index is 13.2. The van der Waals surface area contributed by atoms with Crippen molar-refractivity contribution in [3.05, 3.63) is 75.2 Å². The van der Waals surface area contributed by atoms with Crippen LogP contribution in [0.4, 0.5) is 4.79 Å². The number of ketones is 1. The largest absolute Gasteiger partial charge is 0.496 e. The van der Waals surface area contributed by atoms with Gasteiger partial charge in [0.1, 0.15) is 11.3 Å². The summed E-state index contributed by atoms with van der Waals surface area (Å²) in [6.45, 7) is 5.91. The number of methoxy groups -OCH3 is 1. The molecule has 1 unspecified atom stereocenters. The van der Waals surface area contributed by atoms with Gasteiger partial charge in [-0.15, -0.1) is 11.3 Å². The average Bonchev–Trinajstić information content (AvgIpc) is 3.45. The number of ether oxygens (including phenoxy) is 1. The Hall–Kier alpha value is -3.39.